The molecule has 0 aliphatic heterocycles. The van der Waals surface area contributed by atoms with E-state index in [2.05, 4.69) is 10.6 Å². The van der Waals surface area contributed by atoms with Crippen LogP contribution in [0.25, 0.3) is 0 Å². The van der Waals surface area contributed by atoms with E-state index in [-0.39, 0.29) is 24.1 Å². The van der Waals surface area contributed by atoms with E-state index in [1.54, 1.807) is 36.4 Å². The summed E-state index contributed by atoms with van der Waals surface area (Å²) in [4.78, 5) is 24.3. The Morgan fingerprint density at radius 3 is 2.22 bits per heavy atom. The number of rotatable bonds is 8. The molecule has 144 valence electrons. The van der Waals surface area contributed by atoms with Gasteiger partial charge in [0.05, 0.1) is 13.7 Å². The first-order chi connectivity index (χ1) is 12.9. The zero-order valence-electron chi connectivity index (χ0n) is 15.8. The lowest BCUT2D eigenvalue weighted by Crippen LogP contribution is -3.11. The fourth-order valence-electron chi connectivity index (χ4n) is 2.69. The van der Waals surface area contributed by atoms with Gasteiger partial charge in [-0.3, -0.25) is 9.59 Å². The number of benzene rings is 2. The fourth-order valence-corrected chi connectivity index (χ4v) is 2.69. The Balaban J connectivity index is 1.92. The van der Waals surface area contributed by atoms with Crippen LogP contribution in [0.4, 0.5) is 15.8 Å². The van der Waals surface area contributed by atoms with Crippen molar-refractivity contribution in [2.75, 3.05) is 30.8 Å². The fraction of sp³-hybridized carbons (Fsp3) is 0.300. The van der Waals surface area contributed by atoms with Crippen LogP contribution < -0.4 is 20.3 Å². The van der Waals surface area contributed by atoms with Gasteiger partial charge in [0.1, 0.15) is 6.54 Å². The predicted octanol–water partition coefficient (Wildman–Crippen LogP) is 1.84. The Hall–Kier alpha value is -2.93. The standard InChI is InChI=1S/C20H24FN3O3/c1-4-24(12-15-5-10-19(27-3)18(21)11-15)13-20(26)23-17-8-6-16(7-9-17)22-14(2)25/h5-11H,4,12-13H2,1-3H3,(H,22,25)(H,23,26)/p+1. The molecule has 0 aliphatic rings. The summed E-state index contributed by atoms with van der Waals surface area (Å²) in [6, 6.07) is 11.7. The highest BCUT2D eigenvalue weighted by atomic mass is 19.1. The number of hydrogen-bond donors (Lipinski definition) is 3. The predicted molar refractivity (Wildman–Crippen MR) is 102 cm³/mol. The number of carbonyl (C=O) groups is 2. The number of likely N-dealkylation sites (N-methyl/N-ethyl adjacent to an activating group) is 1. The van der Waals surface area contributed by atoms with Crippen LogP contribution >= 0.6 is 0 Å². The minimum Gasteiger partial charge on any atom is -0.494 e. The number of amides is 2. The zero-order chi connectivity index (χ0) is 19.8. The Morgan fingerprint density at radius 1 is 1.07 bits per heavy atom. The van der Waals surface area contributed by atoms with Crippen LogP contribution in [0.15, 0.2) is 42.5 Å². The van der Waals surface area contributed by atoms with Gasteiger partial charge in [-0.2, -0.15) is 0 Å². The van der Waals surface area contributed by atoms with Crippen LogP contribution in [-0.2, 0) is 16.1 Å². The highest BCUT2D eigenvalue weighted by Crippen LogP contribution is 2.17. The highest BCUT2D eigenvalue weighted by molar-refractivity contribution is 5.92. The number of nitrogens with one attached hydrogen (secondary N) is 3. The third-order valence-electron chi connectivity index (χ3n) is 4.07. The van der Waals surface area contributed by atoms with Crippen molar-refractivity contribution >= 4 is 23.2 Å². The maximum atomic E-state index is 13.8. The summed E-state index contributed by atoms with van der Waals surface area (Å²) in [5.41, 5.74) is 2.13. The Bertz CT molecular complexity index is 794. The number of hydrogen-bond acceptors (Lipinski definition) is 3. The van der Waals surface area contributed by atoms with Crippen molar-refractivity contribution in [3.63, 3.8) is 0 Å². The van der Waals surface area contributed by atoms with Gasteiger partial charge in [-0.05, 0) is 49.4 Å². The molecule has 0 aliphatic carbocycles. The molecule has 0 aromatic heterocycles. The molecule has 7 heteroatoms. The van der Waals surface area contributed by atoms with E-state index in [0.29, 0.717) is 17.9 Å². The second-order valence-electron chi connectivity index (χ2n) is 6.23. The van der Waals surface area contributed by atoms with Gasteiger partial charge < -0.3 is 20.3 Å². The molecule has 6 nitrogen and oxygen atoms in total. The quantitative estimate of drug-likeness (QED) is 0.660. The molecule has 0 radical (unpaired) electrons. The molecular formula is C20H25FN3O3+. The highest BCUT2D eigenvalue weighted by Gasteiger charge is 2.15. The maximum absolute atomic E-state index is 13.8. The monoisotopic (exact) mass is 374 g/mol. The number of carbonyl (C=O) groups excluding carboxylic acids is 2. The average Bonchev–Trinajstić information content (AvgIpc) is 2.62. The molecule has 3 N–H and O–H groups in total. The average molecular weight is 374 g/mol. The number of methoxy groups -OCH3 is 1. The van der Waals surface area contributed by atoms with Crippen LogP contribution in [0.2, 0.25) is 0 Å². The van der Waals surface area contributed by atoms with E-state index in [4.69, 9.17) is 4.74 Å². The summed E-state index contributed by atoms with van der Waals surface area (Å²) in [7, 11) is 1.43. The third kappa shape index (κ3) is 6.38. The molecule has 2 rings (SSSR count). The third-order valence-corrected chi connectivity index (χ3v) is 4.07. The largest absolute Gasteiger partial charge is 0.494 e. The van der Waals surface area contributed by atoms with Crippen molar-refractivity contribution in [3.05, 3.63) is 53.8 Å². The molecule has 0 bridgehead atoms. The molecule has 0 saturated heterocycles. The van der Waals surface area contributed by atoms with E-state index in [1.807, 2.05) is 6.92 Å². The maximum Gasteiger partial charge on any atom is 0.279 e. The van der Waals surface area contributed by atoms with Crippen molar-refractivity contribution in [3.8, 4) is 5.75 Å². The normalized spacial score (nSPS) is 11.6. The topological polar surface area (TPSA) is 71.9 Å². The molecule has 2 aromatic rings. The number of anilines is 2. The van der Waals surface area contributed by atoms with Crippen molar-refractivity contribution < 1.29 is 23.6 Å². The summed E-state index contributed by atoms with van der Waals surface area (Å²) in [5, 5.41) is 5.51. The van der Waals surface area contributed by atoms with E-state index >= 15 is 0 Å². The van der Waals surface area contributed by atoms with E-state index in [1.165, 1.54) is 20.1 Å². The molecule has 0 saturated carbocycles. The van der Waals surface area contributed by atoms with Gasteiger partial charge in [-0.15, -0.1) is 0 Å². The van der Waals surface area contributed by atoms with Crippen LogP contribution in [0, 0.1) is 5.82 Å². The first kappa shape index (κ1) is 20.4. The van der Waals surface area contributed by atoms with Gasteiger partial charge in [-0.25, -0.2) is 4.39 Å². The molecule has 2 aromatic carbocycles. The summed E-state index contributed by atoms with van der Waals surface area (Å²) in [5.74, 6) is -0.483. The van der Waals surface area contributed by atoms with Gasteiger partial charge in [0.2, 0.25) is 5.91 Å². The minimum atomic E-state index is -0.408. The number of halogens is 1. The molecule has 0 spiro atoms. The Labute approximate surface area is 158 Å². The smallest absolute Gasteiger partial charge is 0.279 e. The van der Waals surface area contributed by atoms with Crippen molar-refractivity contribution in [1.82, 2.24) is 0 Å². The van der Waals surface area contributed by atoms with Gasteiger partial charge in [0.25, 0.3) is 5.91 Å². The van der Waals surface area contributed by atoms with Gasteiger partial charge in [0.15, 0.2) is 18.1 Å². The second-order valence-corrected chi connectivity index (χ2v) is 6.23. The first-order valence-corrected chi connectivity index (χ1v) is 8.74. The summed E-state index contributed by atoms with van der Waals surface area (Å²) < 4.78 is 18.7. The van der Waals surface area contributed by atoms with Crippen LogP contribution in [0.5, 0.6) is 5.75 Å². The summed E-state index contributed by atoms with van der Waals surface area (Å²) >= 11 is 0. The van der Waals surface area contributed by atoms with Crippen LogP contribution in [-0.4, -0.2) is 32.0 Å². The van der Waals surface area contributed by atoms with Crippen molar-refractivity contribution in [2.24, 2.45) is 0 Å². The van der Waals surface area contributed by atoms with E-state index < -0.39 is 5.82 Å². The van der Waals surface area contributed by atoms with E-state index in [0.717, 1.165) is 17.0 Å². The SMILES string of the molecule is CC[NH+](CC(=O)Nc1ccc(NC(C)=O)cc1)Cc1ccc(OC)c(F)c1. The molecular weight excluding hydrogens is 349 g/mol. The Kier molecular flexibility index (Phi) is 7.31. The lowest BCUT2D eigenvalue weighted by molar-refractivity contribution is -0.903. The lowest BCUT2D eigenvalue weighted by atomic mass is 10.2. The summed E-state index contributed by atoms with van der Waals surface area (Å²) in [6.07, 6.45) is 0. The minimum absolute atomic E-state index is 0.131. The first-order valence-electron chi connectivity index (χ1n) is 8.74. The molecule has 1 atom stereocenters. The molecule has 2 amide bonds. The number of quaternary nitrogens is 1. The second kappa shape index (κ2) is 9.68. The Morgan fingerprint density at radius 2 is 1.70 bits per heavy atom. The number of ether oxygens (including phenoxy) is 1. The molecule has 0 fully saturated rings. The summed E-state index contributed by atoms with van der Waals surface area (Å²) in [6.45, 7) is 4.93. The molecule has 27 heavy (non-hydrogen) atoms. The van der Waals surface area contributed by atoms with Gasteiger partial charge >= 0.3 is 0 Å². The van der Waals surface area contributed by atoms with Gasteiger partial charge in [0, 0.05) is 23.9 Å². The van der Waals surface area contributed by atoms with E-state index in [9.17, 15) is 14.0 Å². The van der Waals surface area contributed by atoms with Gasteiger partial charge in [-0.1, -0.05) is 0 Å². The lowest BCUT2D eigenvalue weighted by Gasteiger charge is -2.18. The van der Waals surface area contributed by atoms with Crippen molar-refractivity contribution in [1.29, 1.82) is 0 Å². The van der Waals surface area contributed by atoms with Crippen molar-refractivity contribution in [2.45, 2.75) is 20.4 Å². The molecule has 0 heterocycles. The van der Waals surface area contributed by atoms with Crippen LogP contribution in [0.1, 0.15) is 19.4 Å². The zero-order valence-corrected chi connectivity index (χ0v) is 15.8. The molecule has 1 unspecified atom stereocenters. The van der Waals surface area contributed by atoms with Crippen LogP contribution in [0.3, 0.4) is 0 Å².